The normalized spacial score (nSPS) is 12.3. The van der Waals surface area contributed by atoms with Crippen molar-refractivity contribution in [1.82, 2.24) is 9.97 Å². The van der Waals surface area contributed by atoms with E-state index in [0.29, 0.717) is 10.5 Å². The predicted molar refractivity (Wildman–Crippen MR) is 120 cm³/mol. The van der Waals surface area contributed by atoms with Crippen molar-refractivity contribution in [2.75, 3.05) is 5.32 Å². The number of aromatic hydroxyl groups is 1. The van der Waals surface area contributed by atoms with Gasteiger partial charge in [0.1, 0.15) is 11.3 Å². The Morgan fingerprint density at radius 1 is 0.931 bits per heavy atom. The molecule has 4 nitrogen and oxygen atoms in total. The fraction of sp³-hybridized carbons (Fsp3) is 0.0435. The average molecular weight is 418 g/mol. The zero-order valence-electron chi connectivity index (χ0n) is 15.2. The van der Waals surface area contributed by atoms with Crippen molar-refractivity contribution in [2.45, 2.75) is 6.04 Å². The lowest BCUT2D eigenvalue weighted by Crippen LogP contribution is -2.12. The van der Waals surface area contributed by atoms with E-state index in [1.165, 1.54) is 0 Å². The monoisotopic (exact) mass is 417 g/mol. The smallest absolute Gasteiger partial charge is 0.184 e. The van der Waals surface area contributed by atoms with E-state index in [1.807, 2.05) is 72.8 Å². The van der Waals surface area contributed by atoms with E-state index in [0.717, 1.165) is 31.9 Å². The molecule has 2 heterocycles. The molecule has 142 valence electrons. The lowest BCUT2D eigenvalue weighted by atomic mass is 9.96. The van der Waals surface area contributed by atoms with Gasteiger partial charge < -0.3 is 10.4 Å². The Hall–Kier alpha value is -3.15. The number of phenols is 1. The summed E-state index contributed by atoms with van der Waals surface area (Å²) in [6, 6.07) is 23.0. The highest BCUT2D eigenvalue weighted by molar-refractivity contribution is 7.22. The van der Waals surface area contributed by atoms with Gasteiger partial charge in [-0.15, -0.1) is 0 Å². The van der Waals surface area contributed by atoms with E-state index >= 15 is 0 Å². The number of pyridine rings is 1. The molecule has 5 aromatic rings. The van der Waals surface area contributed by atoms with Crippen molar-refractivity contribution in [3.63, 3.8) is 0 Å². The number of rotatable bonds is 4. The van der Waals surface area contributed by atoms with Crippen molar-refractivity contribution >= 4 is 49.2 Å². The largest absolute Gasteiger partial charge is 0.505 e. The molecule has 2 aromatic heterocycles. The number of para-hydroxylation sites is 1. The summed E-state index contributed by atoms with van der Waals surface area (Å²) in [5.41, 5.74) is 3.23. The zero-order valence-corrected chi connectivity index (χ0v) is 16.8. The first-order chi connectivity index (χ1) is 14.2. The van der Waals surface area contributed by atoms with Crippen molar-refractivity contribution in [3.05, 3.63) is 95.1 Å². The molecule has 1 atom stereocenters. The summed E-state index contributed by atoms with van der Waals surface area (Å²) < 4.78 is 1.11. The molecule has 5 rings (SSSR count). The first-order valence-corrected chi connectivity index (χ1v) is 10.3. The number of anilines is 1. The number of nitrogens with zero attached hydrogens (tertiary/aromatic N) is 2. The molecule has 0 aliphatic heterocycles. The van der Waals surface area contributed by atoms with Gasteiger partial charge in [0.25, 0.3) is 0 Å². The van der Waals surface area contributed by atoms with Crippen molar-refractivity contribution in [2.24, 2.45) is 0 Å². The summed E-state index contributed by atoms with van der Waals surface area (Å²) >= 11 is 7.68. The van der Waals surface area contributed by atoms with Crippen molar-refractivity contribution in [3.8, 4) is 5.75 Å². The average Bonchev–Trinajstić information content (AvgIpc) is 3.16. The maximum absolute atomic E-state index is 11.0. The van der Waals surface area contributed by atoms with Gasteiger partial charge in [-0.25, -0.2) is 4.98 Å². The first-order valence-electron chi connectivity index (χ1n) is 9.13. The van der Waals surface area contributed by atoms with Crippen LogP contribution < -0.4 is 5.32 Å². The molecule has 1 unspecified atom stereocenters. The van der Waals surface area contributed by atoms with E-state index < -0.39 is 0 Å². The minimum Gasteiger partial charge on any atom is -0.505 e. The number of halogens is 1. The van der Waals surface area contributed by atoms with Gasteiger partial charge in [-0.3, -0.25) is 4.98 Å². The van der Waals surface area contributed by atoms with Gasteiger partial charge in [0.15, 0.2) is 5.13 Å². The molecule has 0 fully saturated rings. The number of hydrogen-bond acceptors (Lipinski definition) is 5. The minimum absolute atomic E-state index is 0.164. The van der Waals surface area contributed by atoms with Crippen molar-refractivity contribution in [1.29, 1.82) is 0 Å². The fourth-order valence-corrected chi connectivity index (χ4v) is 4.45. The van der Waals surface area contributed by atoms with Crippen LogP contribution in [0.3, 0.4) is 0 Å². The first kappa shape index (κ1) is 17.9. The number of fused-ring (bicyclic) bond motifs is 2. The third-order valence-corrected chi connectivity index (χ3v) is 6.07. The molecule has 2 N–H and O–H groups in total. The van der Waals surface area contributed by atoms with Gasteiger partial charge in [0, 0.05) is 22.2 Å². The third kappa shape index (κ3) is 3.39. The van der Waals surface area contributed by atoms with E-state index in [1.54, 1.807) is 17.5 Å². The number of nitrogens with one attached hydrogen (secondary N) is 1. The zero-order chi connectivity index (χ0) is 19.8. The Morgan fingerprint density at radius 2 is 1.76 bits per heavy atom. The Balaban J connectivity index is 1.64. The molecule has 0 amide bonds. The van der Waals surface area contributed by atoms with Crippen LogP contribution in [-0.4, -0.2) is 15.1 Å². The van der Waals surface area contributed by atoms with Crippen LogP contribution in [0, 0.1) is 0 Å². The number of aromatic nitrogens is 2. The number of phenolic OH excluding ortho intramolecular Hbond substituents is 1. The number of thiazole rings is 1. The Bertz CT molecular complexity index is 1280. The molecule has 0 radical (unpaired) electrons. The quantitative estimate of drug-likeness (QED) is 0.355. The Morgan fingerprint density at radius 3 is 2.59 bits per heavy atom. The van der Waals surface area contributed by atoms with Crippen LogP contribution in [0.4, 0.5) is 5.13 Å². The van der Waals surface area contributed by atoms with Gasteiger partial charge in [-0.2, -0.15) is 0 Å². The summed E-state index contributed by atoms with van der Waals surface area (Å²) in [5.74, 6) is 0.164. The highest BCUT2D eigenvalue weighted by Gasteiger charge is 2.21. The summed E-state index contributed by atoms with van der Waals surface area (Å²) in [6.45, 7) is 0. The molecule has 0 spiro atoms. The van der Waals surface area contributed by atoms with Gasteiger partial charge in [-0.05, 0) is 35.9 Å². The maximum Gasteiger partial charge on any atom is 0.184 e. The summed E-state index contributed by atoms with van der Waals surface area (Å²) in [5, 5.41) is 16.9. The summed E-state index contributed by atoms with van der Waals surface area (Å²) in [6.07, 6.45) is 1.68. The molecule has 0 aliphatic carbocycles. The summed E-state index contributed by atoms with van der Waals surface area (Å²) in [4.78, 5) is 9.06. The Kier molecular flexibility index (Phi) is 4.54. The van der Waals surface area contributed by atoms with Gasteiger partial charge in [0.2, 0.25) is 0 Å². The van der Waals surface area contributed by atoms with Gasteiger partial charge in [0.05, 0.1) is 16.3 Å². The molecule has 29 heavy (non-hydrogen) atoms. The topological polar surface area (TPSA) is 58.0 Å². The fourth-order valence-electron chi connectivity index (χ4n) is 3.43. The molecule has 6 heteroatoms. The minimum atomic E-state index is -0.306. The van der Waals surface area contributed by atoms with Gasteiger partial charge in [-0.1, -0.05) is 65.4 Å². The number of hydrogen-bond donors (Lipinski definition) is 2. The van der Waals surface area contributed by atoms with Crippen LogP contribution in [0.5, 0.6) is 5.75 Å². The van der Waals surface area contributed by atoms with Crippen LogP contribution in [-0.2, 0) is 0 Å². The standard InChI is InChI=1S/C23H16ClN3OS/c24-16-10-7-15(8-11-16)20(27-23-26-18-5-1-2-6-19(18)29-23)17-12-9-14-4-3-13-25-21(14)22(17)28/h1-13,20,28H,(H,26,27). The molecular weight excluding hydrogens is 402 g/mol. The summed E-state index contributed by atoms with van der Waals surface area (Å²) in [7, 11) is 0. The van der Waals surface area contributed by atoms with E-state index in [9.17, 15) is 5.11 Å². The molecular formula is C23H16ClN3OS. The van der Waals surface area contributed by atoms with Crippen LogP contribution in [0.1, 0.15) is 17.2 Å². The second-order valence-electron chi connectivity index (χ2n) is 6.69. The van der Waals surface area contributed by atoms with Crippen LogP contribution in [0.2, 0.25) is 5.02 Å². The second-order valence-corrected chi connectivity index (χ2v) is 8.16. The van der Waals surface area contributed by atoms with E-state index in [2.05, 4.69) is 10.3 Å². The molecule has 3 aromatic carbocycles. The maximum atomic E-state index is 11.0. The Labute approximate surface area is 176 Å². The second kappa shape index (κ2) is 7.35. The van der Waals surface area contributed by atoms with Crippen LogP contribution in [0.15, 0.2) is 79.0 Å². The molecule has 0 bridgehead atoms. The number of benzene rings is 3. The lowest BCUT2D eigenvalue weighted by molar-refractivity contribution is 0.472. The SMILES string of the molecule is Oc1c(C(Nc2nc3ccccc3s2)c2ccc(Cl)cc2)ccc2cccnc12. The third-order valence-electron chi connectivity index (χ3n) is 4.86. The van der Waals surface area contributed by atoms with E-state index in [-0.39, 0.29) is 11.8 Å². The van der Waals surface area contributed by atoms with Crippen molar-refractivity contribution < 1.29 is 5.11 Å². The highest BCUT2D eigenvalue weighted by Crippen LogP contribution is 2.38. The highest BCUT2D eigenvalue weighted by atomic mass is 35.5. The molecule has 0 saturated carbocycles. The molecule has 0 saturated heterocycles. The van der Waals surface area contributed by atoms with E-state index in [4.69, 9.17) is 16.6 Å². The van der Waals surface area contributed by atoms with Gasteiger partial charge >= 0.3 is 0 Å². The lowest BCUT2D eigenvalue weighted by Gasteiger charge is -2.21. The predicted octanol–water partition coefficient (Wildman–Crippen LogP) is 6.41. The van der Waals surface area contributed by atoms with Crippen LogP contribution >= 0.6 is 22.9 Å². The van der Waals surface area contributed by atoms with Crippen LogP contribution in [0.25, 0.3) is 21.1 Å². The molecule has 0 aliphatic rings.